The van der Waals surface area contributed by atoms with Crippen LogP contribution in [0.15, 0.2) is 91.4 Å². The van der Waals surface area contributed by atoms with Crippen molar-refractivity contribution in [2.24, 2.45) is 0 Å². The van der Waals surface area contributed by atoms with Gasteiger partial charge in [0, 0.05) is 24.2 Å². The van der Waals surface area contributed by atoms with Crippen molar-refractivity contribution in [3.05, 3.63) is 114 Å². The minimum atomic E-state index is -1.26. The molecular formula is C32H32N4O6. The summed E-state index contributed by atoms with van der Waals surface area (Å²) in [5.41, 5.74) is 5.73. The van der Waals surface area contributed by atoms with Crippen molar-refractivity contribution in [3.63, 3.8) is 0 Å². The quantitative estimate of drug-likeness (QED) is 0.202. The molecule has 4 aromatic rings. The molecule has 1 aromatic heterocycles. The molecule has 216 valence electrons. The summed E-state index contributed by atoms with van der Waals surface area (Å²) in [6.45, 7) is 1.89. The van der Waals surface area contributed by atoms with Crippen molar-refractivity contribution < 1.29 is 29.0 Å². The summed E-state index contributed by atoms with van der Waals surface area (Å²) in [6, 6.07) is 22.9. The molecular weight excluding hydrogens is 536 g/mol. The molecule has 42 heavy (non-hydrogen) atoms. The smallest absolute Gasteiger partial charge is 0.407 e. The summed E-state index contributed by atoms with van der Waals surface area (Å²) in [5, 5.41) is 14.9. The van der Waals surface area contributed by atoms with E-state index in [1.807, 2.05) is 78.9 Å². The number of nitrogens with zero attached hydrogens (tertiary/aromatic N) is 1. The number of carbonyl (C=O) groups is 3. The van der Waals surface area contributed by atoms with Crippen molar-refractivity contribution in [1.29, 1.82) is 0 Å². The lowest BCUT2D eigenvalue weighted by Gasteiger charge is -2.26. The lowest BCUT2D eigenvalue weighted by atomic mass is 9.98. The summed E-state index contributed by atoms with van der Waals surface area (Å²) in [7, 11) is 0. The molecule has 0 radical (unpaired) electrons. The number of carboxylic acids is 1. The van der Waals surface area contributed by atoms with Gasteiger partial charge < -0.3 is 30.2 Å². The molecule has 3 unspecified atom stereocenters. The summed E-state index contributed by atoms with van der Waals surface area (Å²) < 4.78 is 11.6. The highest BCUT2D eigenvalue weighted by atomic mass is 16.5. The summed E-state index contributed by atoms with van der Waals surface area (Å²) in [4.78, 5) is 45.2. The molecule has 2 amide bonds. The van der Waals surface area contributed by atoms with E-state index in [0.29, 0.717) is 5.69 Å². The Labute approximate surface area is 243 Å². The number of aromatic nitrogens is 2. The zero-order valence-corrected chi connectivity index (χ0v) is 23.0. The van der Waals surface area contributed by atoms with Gasteiger partial charge in [0.15, 0.2) is 0 Å². The maximum absolute atomic E-state index is 13.4. The van der Waals surface area contributed by atoms with Crippen molar-refractivity contribution in [3.8, 4) is 11.1 Å². The topological polar surface area (TPSA) is 143 Å². The van der Waals surface area contributed by atoms with Crippen LogP contribution in [-0.2, 0) is 32.1 Å². The predicted octanol–water partition coefficient (Wildman–Crippen LogP) is 4.03. The van der Waals surface area contributed by atoms with Crippen LogP contribution in [0, 0.1) is 0 Å². The minimum Gasteiger partial charge on any atom is -0.480 e. The number of alkyl carbamates (subject to hydrolysis) is 1. The molecule has 1 aliphatic carbocycles. The fraction of sp³-hybridized carbons (Fsp3) is 0.250. The standard InChI is InChI=1S/C32H32N4O6/c1-20(41-17-21-9-3-2-4-10-21)29(30(37)35-28(31(38)39)15-22-16-33-19-34-22)36-32(40)42-18-27-25-13-7-5-11-23(25)24-12-6-8-14-26(24)27/h2-14,16,19-20,27-29H,15,17-18H2,1H3,(H,33,34)(H,35,37)(H,36,40)(H,38,39). The molecule has 1 aliphatic rings. The van der Waals surface area contributed by atoms with E-state index < -0.39 is 36.2 Å². The van der Waals surface area contributed by atoms with Gasteiger partial charge in [0.1, 0.15) is 18.7 Å². The molecule has 0 spiro atoms. The minimum absolute atomic E-state index is 0.0159. The number of H-pyrrole nitrogens is 1. The number of carboxylic acid groups (broad SMARTS) is 1. The van der Waals surface area contributed by atoms with Gasteiger partial charge in [-0.1, -0.05) is 78.9 Å². The van der Waals surface area contributed by atoms with Gasteiger partial charge in [0.05, 0.1) is 19.0 Å². The number of amides is 2. The average Bonchev–Trinajstić information content (AvgIpc) is 3.63. The van der Waals surface area contributed by atoms with Crippen LogP contribution in [0.2, 0.25) is 0 Å². The van der Waals surface area contributed by atoms with Crippen molar-refractivity contribution in [2.75, 3.05) is 6.61 Å². The van der Waals surface area contributed by atoms with Crippen LogP contribution in [0.1, 0.15) is 35.2 Å². The van der Waals surface area contributed by atoms with Crippen LogP contribution < -0.4 is 10.6 Å². The second-order valence-electron chi connectivity index (χ2n) is 10.1. The molecule has 0 bridgehead atoms. The Bertz CT molecular complexity index is 1480. The van der Waals surface area contributed by atoms with Crippen LogP contribution in [0.5, 0.6) is 0 Å². The molecule has 10 nitrogen and oxygen atoms in total. The number of benzene rings is 3. The van der Waals surface area contributed by atoms with Gasteiger partial charge >= 0.3 is 12.1 Å². The van der Waals surface area contributed by atoms with E-state index in [1.165, 1.54) is 12.5 Å². The maximum atomic E-state index is 13.4. The van der Waals surface area contributed by atoms with Crippen molar-refractivity contribution in [1.82, 2.24) is 20.6 Å². The first kappa shape index (κ1) is 28.6. The zero-order chi connectivity index (χ0) is 29.5. The Kier molecular flexibility index (Phi) is 8.93. The fourth-order valence-electron chi connectivity index (χ4n) is 5.14. The Morgan fingerprint density at radius 1 is 0.929 bits per heavy atom. The Morgan fingerprint density at radius 3 is 2.19 bits per heavy atom. The number of ether oxygens (including phenoxy) is 2. The van der Waals surface area contributed by atoms with Crippen LogP contribution in [-0.4, -0.2) is 57.8 Å². The van der Waals surface area contributed by atoms with E-state index in [-0.39, 0.29) is 25.6 Å². The number of rotatable bonds is 12. The summed E-state index contributed by atoms with van der Waals surface area (Å²) in [6.07, 6.45) is 1.27. The first-order valence-corrected chi connectivity index (χ1v) is 13.7. The van der Waals surface area contributed by atoms with Gasteiger partial charge in [-0.05, 0) is 34.7 Å². The molecule has 0 saturated carbocycles. The molecule has 10 heteroatoms. The number of nitrogens with one attached hydrogen (secondary N) is 3. The van der Waals surface area contributed by atoms with Crippen molar-refractivity contribution >= 4 is 18.0 Å². The van der Waals surface area contributed by atoms with E-state index in [0.717, 1.165) is 27.8 Å². The lowest BCUT2D eigenvalue weighted by molar-refractivity contribution is -0.142. The van der Waals surface area contributed by atoms with Gasteiger partial charge in [-0.3, -0.25) is 4.79 Å². The van der Waals surface area contributed by atoms with Crippen LogP contribution in [0.3, 0.4) is 0 Å². The summed E-state index contributed by atoms with van der Waals surface area (Å²) >= 11 is 0. The Balaban J connectivity index is 1.28. The van der Waals surface area contributed by atoms with Gasteiger partial charge in [0.2, 0.25) is 5.91 Å². The number of fused-ring (bicyclic) bond motifs is 3. The number of hydrogen-bond donors (Lipinski definition) is 4. The third kappa shape index (κ3) is 6.67. The van der Waals surface area contributed by atoms with Gasteiger partial charge in [0.25, 0.3) is 0 Å². The van der Waals surface area contributed by atoms with Crippen LogP contribution in [0.4, 0.5) is 4.79 Å². The first-order valence-electron chi connectivity index (χ1n) is 13.7. The van der Waals surface area contributed by atoms with E-state index in [1.54, 1.807) is 6.92 Å². The van der Waals surface area contributed by atoms with Crippen molar-refractivity contribution in [2.45, 2.75) is 44.1 Å². The largest absolute Gasteiger partial charge is 0.480 e. The second kappa shape index (κ2) is 13.1. The SMILES string of the molecule is CC(OCc1ccccc1)C(NC(=O)OCC1c2ccccc2-c2ccccc21)C(=O)NC(Cc1cnc[nH]1)C(=O)O. The monoisotopic (exact) mass is 568 g/mol. The summed E-state index contributed by atoms with van der Waals surface area (Å²) in [5.74, 6) is -2.10. The second-order valence-corrected chi connectivity index (χ2v) is 10.1. The molecule has 3 atom stereocenters. The number of hydrogen-bond acceptors (Lipinski definition) is 6. The molecule has 0 aliphatic heterocycles. The molecule has 5 rings (SSSR count). The Morgan fingerprint density at radius 2 is 1.57 bits per heavy atom. The zero-order valence-electron chi connectivity index (χ0n) is 23.0. The number of aromatic amines is 1. The number of carbonyl (C=O) groups excluding carboxylic acids is 2. The third-order valence-corrected chi connectivity index (χ3v) is 7.32. The molecule has 0 fully saturated rings. The predicted molar refractivity (Wildman–Crippen MR) is 155 cm³/mol. The van der Waals surface area contributed by atoms with Gasteiger partial charge in [-0.2, -0.15) is 0 Å². The maximum Gasteiger partial charge on any atom is 0.407 e. The Hall–Kier alpha value is -4.96. The van der Waals surface area contributed by atoms with E-state index >= 15 is 0 Å². The average molecular weight is 569 g/mol. The highest BCUT2D eigenvalue weighted by Gasteiger charge is 2.33. The highest BCUT2D eigenvalue weighted by Crippen LogP contribution is 2.44. The molecule has 3 aromatic carbocycles. The van der Waals surface area contributed by atoms with Crippen LogP contribution >= 0.6 is 0 Å². The van der Waals surface area contributed by atoms with Gasteiger partial charge in [-0.15, -0.1) is 0 Å². The third-order valence-electron chi connectivity index (χ3n) is 7.32. The van der Waals surface area contributed by atoms with Crippen LogP contribution in [0.25, 0.3) is 11.1 Å². The van der Waals surface area contributed by atoms with E-state index in [9.17, 15) is 19.5 Å². The number of aliphatic carboxylic acids is 1. The van der Waals surface area contributed by atoms with E-state index in [2.05, 4.69) is 20.6 Å². The lowest BCUT2D eigenvalue weighted by Crippen LogP contribution is -2.56. The van der Waals surface area contributed by atoms with E-state index in [4.69, 9.17) is 9.47 Å². The molecule has 0 saturated heterocycles. The first-order chi connectivity index (χ1) is 20.4. The fourth-order valence-corrected chi connectivity index (χ4v) is 5.14. The molecule has 1 heterocycles. The highest BCUT2D eigenvalue weighted by molar-refractivity contribution is 5.90. The normalized spacial score (nSPS) is 14.2. The van der Waals surface area contributed by atoms with Gasteiger partial charge in [-0.25, -0.2) is 14.6 Å². The molecule has 4 N–H and O–H groups in total. The number of imidazole rings is 1.